The van der Waals surface area contributed by atoms with Crippen LogP contribution in [0, 0.1) is 13.8 Å². The predicted molar refractivity (Wildman–Crippen MR) is 112 cm³/mol. The van der Waals surface area contributed by atoms with E-state index in [1.165, 1.54) is 44.1 Å². The first-order chi connectivity index (χ1) is 13.0. The minimum absolute atomic E-state index is 0.437. The van der Waals surface area contributed by atoms with Gasteiger partial charge in [0.15, 0.2) is 11.0 Å². The van der Waals surface area contributed by atoms with Crippen LogP contribution in [0.5, 0.6) is 0 Å². The number of hydrogen-bond acceptors (Lipinski definition) is 1. The number of fused-ring (bicyclic) bond motifs is 8. The molecule has 3 heteroatoms. The van der Waals surface area contributed by atoms with Crippen LogP contribution in [-0.4, -0.2) is 9.38 Å². The summed E-state index contributed by atoms with van der Waals surface area (Å²) in [6, 6.07) is 17.5. The van der Waals surface area contributed by atoms with Gasteiger partial charge in [0.05, 0.1) is 18.0 Å². The van der Waals surface area contributed by atoms with E-state index in [0.29, 0.717) is 5.92 Å². The molecule has 3 heterocycles. The first kappa shape index (κ1) is 16.2. The highest BCUT2D eigenvalue weighted by molar-refractivity contribution is 6.12. The van der Waals surface area contributed by atoms with Crippen LogP contribution in [0.4, 0.5) is 0 Å². The summed E-state index contributed by atoms with van der Waals surface area (Å²) in [5.41, 5.74) is 9.80. The molecule has 134 valence electrons. The Morgan fingerprint density at radius 1 is 1.00 bits per heavy atom. The number of hydrogen-bond donors (Lipinski definition) is 0. The van der Waals surface area contributed by atoms with Gasteiger partial charge in [-0.2, -0.15) is 4.40 Å². The van der Waals surface area contributed by atoms with E-state index in [2.05, 4.69) is 92.2 Å². The fourth-order valence-electron chi connectivity index (χ4n) is 4.60. The zero-order chi connectivity index (χ0) is 18.9. The number of rotatable bonds is 1. The van der Waals surface area contributed by atoms with Crippen molar-refractivity contribution in [3.05, 3.63) is 65.4 Å². The van der Waals surface area contributed by atoms with E-state index in [1.807, 2.05) is 0 Å². The molecule has 0 N–H and O–H groups in total. The van der Waals surface area contributed by atoms with Crippen molar-refractivity contribution in [1.82, 2.24) is 9.38 Å². The number of aryl methyl sites for hydroxylation is 3. The summed E-state index contributed by atoms with van der Waals surface area (Å²) in [6.45, 7) is 8.83. The molecule has 0 saturated heterocycles. The van der Waals surface area contributed by atoms with Gasteiger partial charge in [-0.1, -0.05) is 38.1 Å². The van der Waals surface area contributed by atoms with Crippen molar-refractivity contribution < 1.29 is 4.57 Å². The molecular weight excluding hydrogens is 330 g/mol. The summed E-state index contributed by atoms with van der Waals surface area (Å²) >= 11 is 0. The molecule has 0 atom stereocenters. The lowest BCUT2D eigenvalue weighted by molar-refractivity contribution is -0.617. The quantitative estimate of drug-likeness (QED) is 0.293. The van der Waals surface area contributed by atoms with Gasteiger partial charge in [0.1, 0.15) is 5.52 Å². The number of pyridine rings is 2. The molecule has 5 aromatic rings. The Bertz CT molecular complexity index is 1370. The average molecular weight is 354 g/mol. The SMILES string of the molecule is Cc1cc(C)c2c(n1)c1cccc(C(C)C)c1n1c3ccccc3[n+](C)c21. The molecular formula is C24H24N3+. The van der Waals surface area contributed by atoms with Crippen molar-refractivity contribution in [2.24, 2.45) is 7.05 Å². The molecule has 0 fully saturated rings. The highest BCUT2D eigenvalue weighted by atomic mass is 15.1. The largest absolute Gasteiger partial charge is 0.297 e. The molecule has 0 bridgehead atoms. The number of para-hydroxylation sites is 3. The fraction of sp³-hybridized carbons (Fsp3) is 0.250. The minimum Gasteiger partial charge on any atom is -0.252 e. The van der Waals surface area contributed by atoms with Crippen LogP contribution < -0.4 is 4.57 Å². The molecule has 27 heavy (non-hydrogen) atoms. The van der Waals surface area contributed by atoms with E-state index in [9.17, 15) is 0 Å². The van der Waals surface area contributed by atoms with Gasteiger partial charge in [-0.25, -0.2) is 4.57 Å². The van der Waals surface area contributed by atoms with Gasteiger partial charge in [-0.05, 0) is 49.6 Å². The topological polar surface area (TPSA) is 21.2 Å². The standard InChI is InChI=1S/C24H24N3/c1-14(2)17-9-8-10-18-22-21(15(3)13-16(4)25-22)24-26(5)19-11-6-7-12-20(19)27(24)23(17)18/h6-14H,1-5H3/q+1. The second-order valence-corrected chi connectivity index (χ2v) is 7.91. The maximum absolute atomic E-state index is 5.00. The van der Waals surface area contributed by atoms with Gasteiger partial charge < -0.3 is 0 Å². The molecule has 0 aliphatic heterocycles. The lowest BCUT2D eigenvalue weighted by atomic mass is 9.97. The van der Waals surface area contributed by atoms with Crippen LogP contribution in [-0.2, 0) is 7.05 Å². The zero-order valence-corrected chi connectivity index (χ0v) is 16.5. The number of imidazole rings is 1. The third kappa shape index (κ3) is 2.08. The van der Waals surface area contributed by atoms with Gasteiger partial charge in [0.25, 0.3) is 5.65 Å². The molecule has 0 aliphatic rings. The molecule has 0 aliphatic carbocycles. The lowest BCUT2D eigenvalue weighted by Crippen LogP contribution is -2.27. The Morgan fingerprint density at radius 3 is 2.56 bits per heavy atom. The van der Waals surface area contributed by atoms with Crippen LogP contribution >= 0.6 is 0 Å². The predicted octanol–water partition coefficient (Wildman–Crippen LogP) is 5.36. The molecule has 0 spiro atoms. The van der Waals surface area contributed by atoms with Crippen molar-refractivity contribution in [2.75, 3.05) is 0 Å². The molecule has 0 saturated carbocycles. The van der Waals surface area contributed by atoms with Gasteiger partial charge in [0.2, 0.25) is 0 Å². The summed E-state index contributed by atoms with van der Waals surface area (Å²) in [5.74, 6) is 0.437. The number of benzene rings is 2. The van der Waals surface area contributed by atoms with E-state index in [-0.39, 0.29) is 0 Å². The van der Waals surface area contributed by atoms with E-state index in [1.54, 1.807) is 0 Å². The maximum atomic E-state index is 5.00. The van der Waals surface area contributed by atoms with Gasteiger partial charge in [-0.3, -0.25) is 4.98 Å². The van der Waals surface area contributed by atoms with Gasteiger partial charge in [-0.15, -0.1) is 0 Å². The molecule has 0 radical (unpaired) electrons. The van der Waals surface area contributed by atoms with E-state index >= 15 is 0 Å². The highest BCUT2D eigenvalue weighted by Crippen LogP contribution is 2.35. The highest BCUT2D eigenvalue weighted by Gasteiger charge is 2.26. The monoisotopic (exact) mass is 354 g/mol. The zero-order valence-electron chi connectivity index (χ0n) is 16.5. The van der Waals surface area contributed by atoms with E-state index in [0.717, 1.165) is 11.2 Å². The maximum Gasteiger partial charge on any atom is 0.297 e. The van der Waals surface area contributed by atoms with Gasteiger partial charge in [0, 0.05) is 16.6 Å². The van der Waals surface area contributed by atoms with E-state index in [4.69, 9.17) is 4.98 Å². The number of nitrogens with zero attached hydrogens (tertiary/aromatic N) is 3. The Balaban J connectivity index is 2.27. The van der Waals surface area contributed by atoms with E-state index < -0.39 is 0 Å². The normalized spacial score (nSPS) is 12.2. The third-order valence-electron chi connectivity index (χ3n) is 5.75. The molecule has 2 aromatic carbocycles. The van der Waals surface area contributed by atoms with Crippen molar-refractivity contribution in [1.29, 1.82) is 0 Å². The summed E-state index contributed by atoms with van der Waals surface area (Å²) in [7, 11) is 2.17. The first-order valence-corrected chi connectivity index (χ1v) is 9.60. The second kappa shape index (κ2) is 5.53. The van der Waals surface area contributed by atoms with Crippen LogP contribution in [0.2, 0.25) is 0 Å². The fourth-order valence-corrected chi connectivity index (χ4v) is 4.60. The summed E-state index contributed by atoms with van der Waals surface area (Å²) in [4.78, 5) is 5.00. The van der Waals surface area contributed by atoms with Crippen LogP contribution in [0.1, 0.15) is 36.6 Å². The summed E-state index contributed by atoms with van der Waals surface area (Å²) < 4.78 is 4.77. The van der Waals surface area contributed by atoms with Crippen LogP contribution in [0.25, 0.3) is 38.5 Å². The van der Waals surface area contributed by atoms with Gasteiger partial charge >= 0.3 is 0 Å². The molecule has 3 nitrogen and oxygen atoms in total. The number of aromatic nitrogens is 3. The summed E-state index contributed by atoms with van der Waals surface area (Å²) in [5, 5.41) is 2.48. The van der Waals surface area contributed by atoms with Crippen molar-refractivity contribution in [3.8, 4) is 0 Å². The molecule has 0 amide bonds. The van der Waals surface area contributed by atoms with Crippen molar-refractivity contribution in [3.63, 3.8) is 0 Å². The molecule has 5 rings (SSSR count). The Labute approximate surface area is 158 Å². The third-order valence-corrected chi connectivity index (χ3v) is 5.75. The van der Waals surface area contributed by atoms with Crippen LogP contribution in [0.3, 0.4) is 0 Å². The summed E-state index contributed by atoms with van der Waals surface area (Å²) in [6.07, 6.45) is 0. The van der Waals surface area contributed by atoms with Crippen molar-refractivity contribution in [2.45, 2.75) is 33.6 Å². The Morgan fingerprint density at radius 2 is 1.78 bits per heavy atom. The van der Waals surface area contributed by atoms with Crippen LogP contribution in [0.15, 0.2) is 48.5 Å². The average Bonchev–Trinajstić information content (AvgIpc) is 2.94. The first-order valence-electron chi connectivity index (χ1n) is 9.60. The molecule has 0 unspecified atom stereocenters. The lowest BCUT2D eigenvalue weighted by Gasteiger charge is -2.12. The van der Waals surface area contributed by atoms with Crippen molar-refractivity contribution >= 4 is 38.5 Å². The Kier molecular flexibility index (Phi) is 3.33. The second-order valence-electron chi connectivity index (χ2n) is 7.91. The smallest absolute Gasteiger partial charge is 0.252 e. The minimum atomic E-state index is 0.437. The Hall–Kier alpha value is -2.94. The molecule has 3 aromatic heterocycles.